The van der Waals surface area contributed by atoms with E-state index in [9.17, 15) is 18.0 Å². The van der Waals surface area contributed by atoms with Crippen LogP contribution in [-0.2, 0) is 19.6 Å². The average molecular weight is 368 g/mol. The van der Waals surface area contributed by atoms with Gasteiger partial charge in [0.15, 0.2) is 0 Å². The molecule has 0 spiro atoms. The first kappa shape index (κ1) is 18.1. The maximum absolute atomic E-state index is 12.0. The van der Waals surface area contributed by atoms with Gasteiger partial charge in [0.25, 0.3) is 10.0 Å². The van der Waals surface area contributed by atoms with Crippen LogP contribution >= 0.6 is 11.3 Å². The molecule has 0 radical (unpaired) electrons. The molecule has 2 N–H and O–H groups in total. The lowest BCUT2D eigenvalue weighted by atomic mass is 10.2. The zero-order valence-corrected chi connectivity index (χ0v) is 14.4. The van der Waals surface area contributed by atoms with Gasteiger partial charge in [-0.3, -0.25) is 4.79 Å². The van der Waals surface area contributed by atoms with Gasteiger partial charge in [0.1, 0.15) is 4.21 Å². The van der Waals surface area contributed by atoms with Crippen LogP contribution in [0.3, 0.4) is 0 Å². The molecule has 0 aliphatic heterocycles. The van der Waals surface area contributed by atoms with Crippen LogP contribution in [0.4, 0.5) is 5.69 Å². The molecule has 1 aromatic carbocycles. The van der Waals surface area contributed by atoms with E-state index < -0.39 is 28.4 Å². The molecule has 0 unspecified atom stereocenters. The summed E-state index contributed by atoms with van der Waals surface area (Å²) in [5, 5.41) is 4.13. The number of nitrogens with one attached hydrogen (secondary N) is 2. The Morgan fingerprint density at radius 1 is 1.17 bits per heavy atom. The third-order valence-corrected chi connectivity index (χ3v) is 5.68. The van der Waals surface area contributed by atoms with Crippen molar-refractivity contribution < 1.29 is 22.7 Å². The number of amides is 1. The molecule has 2 aromatic rings. The van der Waals surface area contributed by atoms with E-state index in [0.717, 1.165) is 11.3 Å². The van der Waals surface area contributed by atoms with Gasteiger partial charge in [-0.2, -0.15) is 0 Å². The molecule has 1 amide bonds. The molecule has 0 fully saturated rings. The largest absolute Gasteiger partial charge is 0.462 e. The highest BCUT2D eigenvalue weighted by molar-refractivity contribution is 7.91. The van der Waals surface area contributed by atoms with Crippen molar-refractivity contribution in [2.24, 2.45) is 0 Å². The van der Waals surface area contributed by atoms with Gasteiger partial charge in [-0.1, -0.05) is 18.2 Å². The number of carbonyl (C=O) groups excluding carboxylic acids is 2. The SMILES string of the molecule is CCOC(=O)c1ccccc1NC(=O)CNS(=O)(=O)c1cccs1. The number of hydrogen-bond donors (Lipinski definition) is 2. The first-order valence-corrected chi connectivity index (χ1v) is 9.39. The number of hydrogen-bond acceptors (Lipinski definition) is 6. The summed E-state index contributed by atoms with van der Waals surface area (Å²) in [5.74, 6) is -1.15. The Labute approximate surface area is 143 Å². The molecule has 9 heteroatoms. The average Bonchev–Trinajstić information content (AvgIpc) is 3.09. The van der Waals surface area contributed by atoms with Gasteiger partial charge in [0, 0.05) is 0 Å². The zero-order valence-electron chi connectivity index (χ0n) is 12.8. The lowest BCUT2D eigenvalue weighted by Crippen LogP contribution is -2.32. The van der Waals surface area contributed by atoms with E-state index in [1.165, 1.54) is 18.2 Å². The molecule has 0 bridgehead atoms. The highest BCUT2D eigenvalue weighted by Crippen LogP contribution is 2.17. The summed E-state index contributed by atoms with van der Waals surface area (Å²) in [4.78, 5) is 23.8. The number of carbonyl (C=O) groups is 2. The summed E-state index contributed by atoms with van der Waals surface area (Å²) in [6, 6.07) is 9.40. The van der Waals surface area contributed by atoms with Crippen LogP contribution < -0.4 is 10.0 Å². The Kier molecular flexibility index (Phi) is 6.07. The van der Waals surface area contributed by atoms with E-state index in [-0.39, 0.29) is 22.1 Å². The Balaban J connectivity index is 2.02. The summed E-state index contributed by atoms with van der Waals surface area (Å²) >= 11 is 1.05. The molecule has 24 heavy (non-hydrogen) atoms. The van der Waals surface area contributed by atoms with E-state index in [2.05, 4.69) is 10.0 Å². The quantitative estimate of drug-likeness (QED) is 0.726. The first-order valence-electron chi connectivity index (χ1n) is 7.03. The number of benzene rings is 1. The predicted octanol–water partition coefficient (Wildman–Crippen LogP) is 1.84. The van der Waals surface area contributed by atoms with Crippen LogP contribution in [0.5, 0.6) is 0 Å². The second kappa shape index (κ2) is 8.04. The third kappa shape index (κ3) is 4.63. The van der Waals surface area contributed by atoms with Gasteiger partial charge >= 0.3 is 5.97 Å². The van der Waals surface area contributed by atoms with Crippen LogP contribution in [0, 0.1) is 0 Å². The van der Waals surface area contributed by atoms with Crippen LogP contribution in [0.1, 0.15) is 17.3 Å². The van der Waals surface area contributed by atoms with Gasteiger partial charge in [0.05, 0.1) is 24.4 Å². The fourth-order valence-corrected chi connectivity index (χ4v) is 3.84. The topological polar surface area (TPSA) is 102 Å². The zero-order chi connectivity index (χ0) is 17.6. The first-order chi connectivity index (χ1) is 11.4. The van der Waals surface area contributed by atoms with Crippen LogP contribution in [0.2, 0.25) is 0 Å². The molecule has 0 aliphatic carbocycles. The Morgan fingerprint density at radius 3 is 2.58 bits per heavy atom. The van der Waals surface area contributed by atoms with Gasteiger partial charge < -0.3 is 10.1 Å². The van der Waals surface area contributed by atoms with Gasteiger partial charge in [-0.25, -0.2) is 17.9 Å². The summed E-state index contributed by atoms with van der Waals surface area (Å²) in [6.45, 7) is 1.44. The molecular formula is C15H16N2O5S2. The number of rotatable bonds is 7. The van der Waals surface area contributed by atoms with E-state index in [1.54, 1.807) is 30.5 Å². The minimum Gasteiger partial charge on any atom is -0.462 e. The Morgan fingerprint density at radius 2 is 1.92 bits per heavy atom. The lowest BCUT2D eigenvalue weighted by Gasteiger charge is -2.10. The summed E-state index contributed by atoms with van der Waals surface area (Å²) in [6.07, 6.45) is 0. The standard InChI is InChI=1S/C15H16N2O5S2/c1-2-22-15(19)11-6-3-4-7-12(11)17-13(18)10-16-24(20,21)14-8-5-9-23-14/h3-9,16H,2,10H2,1H3,(H,17,18). The maximum Gasteiger partial charge on any atom is 0.340 e. The van der Waals surface area contributed by atoms with Crippen molar-refractivity contribution in [2.75, 3.05) is 18.5 Å². The highest BCUT2D eigenvalue weighted by Gasteiger charge is 2.18. The summed E-state index contributed by atoms with van der Waals surface area (Å²) < 4.78 is 31.2. The molecule has 0 aliphatic rings. The van der Waals surface area contributed by atoms with Crippen molar-refractivity contribution in [3.63, 3.8) is 0 Å². The van der Waals surface area contributed by atoms with Crippen molar-refractivity contribution in [3.8, 4) is 0 Å². The Hall–Kier alpha value is -2.23. The maximum atomic E-state index is 12.0. The van der Waals surface area contributed by atoms with E-state index in [4.69, 9.17) is 4.74 Å². The molecule has 0 saturated heterocycles. The predicted molar refractivity (Wildman–Crippen MR) is 90.5 cm³/mol. The van der Waals surface area contributed by atoms with E-state index in [1.807, 2.05) is 0 Å². The number of sulfonamides is 1. The van der Waals surface area contributed by atoms with E-state index >= 15 is 0 Å². The lowest BCUT2D eigenvalue weighted by molar-refractivity contribution is -0.115. The monoisotopic (exact) mass is 368 g/mol. The number of anilines is 1. The molecule has 0 saturated carbocycles. The fraction of sp³-hybridized carbons (Fsp3) is 0.200. The van der Waals surface area contributed by atoms with Crippen molar-refractivity contribution in [2.45, 2.75) is 11.1 Å². The smallest absolute Gasteiger partial charge is 0.340 e. The fourth-order valence-electron chi connectivity index (χ4n) is 1.82. The van der Waals surface area contributed by atoms with Crippen molar-refractivity contribution >= 4 is 38.9 Å². The third-order valence-electron chi connectivity index (χ3n) is 2.88. The van der Waals surface area contributed by atoms with Crippen molar-refractivity contribution in [1.82, 2.24) is 4.72 Å². The molecule has 128 valence electrons. The summed E-state index contributed by atoms with van der Waals surface area (Å²) in [5.41, 5.74) is 0.463. The second-order valence-electron chi connectivity index (χ2n) is 4.57. The highest BCUT2D eigenvalue weighted by atomic mass is 32.2. The molecule has 7 nitrogen and oxygen atoms in total. The normalized spacial score (nSPS) is 11.0. The van der Waals surface area contributed by atoms with Gasteiger partial charge in [-0.15, -0.1) is 11.3 Å². The van der Waals surface area contributed by atoms with Crippen molar-refractivity contribution in [1.29, 1.82) is 0 Å². The van der Waals surface area contributed by atoms with Crippen LogP contribution in [0.15, 0.2) is 46.0 Å². The minimum atomic E-state index is -3.72. The van der Waals surface area contributed by atoms with Gasteiger partial charge in [0.2, 0.25) is 5.91 Å². The van der Waals surface area contributed by atoms with E-state index in [0.29, 0.717) is 0 Å². The molecule has 2 rings (SSSR count). The number of esters is 1. The van der Waals surface area contributed by atoms with Gasteiger partial charge in [-0.05, 0) is 30.5 Å². The second-order valence-corrected chi connectivity index (χ2v) is 7.51. The number of para-hydroxylation sites is 1. The van der Waals surface area contributed by atoms with Crippen molar-refractivity contribution in [3.05, 3.63) is 47.3 Å². The Bertz CT molecular complexity index is 816. The summed E-state index contributed by atoms with van der Waals surface area (Å²) in [7, 11) is -3.72. The molecule has 1 heterocycles. The minimum absolute atomic E-state index is 0.127. The molecule has 1 aromatic heterocycles. The van der Waals surface area contributed by atoms with Crippen LogP contribution in [0.25, 0.3) is 0 Å². The van der Waals surface area contributed by atoms with Crippen LogP contribution in [-0.4, -0.2) is 33.4 Å². The number of thiophene rings is 1. The molecule has 0 atom stereocenters. The number of ether oxygens (including phenoxy) is 1. The molecular weight excluding hydrogens is 352 g/mol.